The van der Waals surface area contributed by atoms with E-state index < -0.39 is 0 Å². The summed E-state index contributed by atoms with van der Waals surface area (Å²) < 4.78 is 0. The van der Waals surface area contributed by atoms with Crippen molar-refractivity contribution in [3.63, 3.8) is 0 Å². The van der Waals surface area contributed by atoms with Crippen LogP contribution in [0.15, 0.2) is 54.9 Å². The van der Waals surface area contributed by atoms with Gasteiger partial charge in [0.25, 0.3) is 5.91 Å². The van der Waals surface area contributed by atoms with Crippen LogP contribution in [0.5, 0.6) is 0 Å². The second kappa shape index (κ2) is 7.89. The van der Waals surface area contributed by atoms with Gasteiger partial charge in [-0.25, -0.2) is 4.98 Å². The molecule has 0 atom stereocenters. The number of aromatic nitrogens is 2. The average molecular weight is 408 g/mol. The molecule has 4 rings (SSSR count). The van der Waals surface area contributed by atoms with Crippen molar-refractivity contribution < 1.29 is 9.59 Å². The molecule has 3 heterocycles. The maximum absolute atomic E-state index is 12.8. The van der Waals surface area contributed by atoms with Crippen LogP contribution in [0, 0.1) is 6.92 Å². The van der Waals surface area contributed by atoms with E-state index >= 15 is 0 Å². The van der Waals surface area contributed by atoms with E-state index in [0.29, 0.717) is 34.3 Å². The van der Waals surface area contributed by atoms with Gasteiger partial charge in [0.15, 0.2) is 5.82 Å². The first-order valence-corrected chi connectivity index (χ1v) is 9.41. The predicted molar refractivity (Wildman–Crippen MR) is 112 cm³/mol. The molecule has 0 saturated carbocycles. The average Bonchev–Trinajstić information content (AvgIpc) is 2.74. The van der Waals surface area contributed by atoms with E-state index in [-0.39, 0.29) is 18.4 Å². The van der Waals surface area contributed by atoms with Crippen LogP contribution < -0.4 is 15.5 Å². The number of amides is 2. The molecule has 8 heteroatoms. The van der Waals surface area contributed by atoms with Crippen LogP contribution in [0.25, 0.3) is 0 Å². The van der Waals surface area contributed by atoms with Gasteiger partial charge in [-0.1, -0.05) is 23.7 Å². The Balaban J connectivity index is 1.63. The predicted octanol–water partition coefficient (Wildman–Crippen LogP) is 3.65. The second-order valence-electron chi connectivity index (χ2n) is 6.61. The Morgan fingerprint density at radius 3 is 2.90 bits per heavy atom. The lowest BCUT2D eigenvalue weighted by molar-refractivity contribution is -0.117. The van der Waals surface area contributed by atoms with Crippen molar-refractivity contribution in [1.82, 2.24) is 9.97 Å². The molecule has 0 fully saturated rings. The molecule has 0 saturated heterocycles. The van der Waals surface area contributed by atoms with Crippen molar-refractivity contribution in [2.24, 2.45) is 0 Å². The van der Waals surface area contributed by atoms with Gasteiger partial charge in [0.05, 0.1) is 30.0 Å². The Kier molecular flexibility index (Phi) is 5.14. The van der Waals surface area contributed by atoms with E-state index in [9.17, 15) is 9.59 Å². The maximum Gasteiger partial charge on any atom is 0.257 e. The number of nitrogens with one attached hydrogen (secondary N) is 2. The Labute approximate surface area is 172 Å². The van der Waals surface area contributed by atoms with Crippen LogP contribution in [-0.2, 0) is 11.3 Å². The SMILES string of the molecule is Cc1c(Cl)cccc1NC(=O)c1cnc2c(c1)N(Cc1ccccn1)C(=O)CN2. The summed E-state index contributed by atoms with van der Waals surface area (Å²) in [5.74, 6) is 0.102. The summed E-state index contributed by atoms with van der Waals surface area (Å²) >= 11 is 6.13. The summed E-state index contributed by atoms with van der Waals surface area (Å²) in [6.45, 7) is 2.27. The Morgan fingerprint density at radius 1 is 1.24 bits per heavy atom. The van der Waals surface area contributed by atoms with Gasteiger partial charge >= 0.3 is 0 Å². The molecule has 0 unspecified atom stereocenters. The molecule has 146 valence electrons. The third-order valence-electron chi connectivity index (χ3n) is 4.69. The lowest BCUT2D eigenvalue weighted by atomic mass is 10.1. The number of hydrogen-bond acceptors (Lipinski definition) is 5. The van der Waals surface area contributed by atoms with Crippen LogP contribution in [0.4, 0.5) is 17.2 Å². The first kappa shape index (κ1) is 18.9. The fraction of sp³-hybridized carbons (Fsp3) is 0.143. The van der Waals surface area contributed by atoms with Gasteiger partial charge in [0.2, 0.25) is 5.91 Å². The molecule has 3 aromatic rings. The van der Waals surface area contributed by atoms with E-state index in [0.717, 1.165) is 11.3 Å². The quantitative estimate of drug-likeness (QED) is 0.689. The number of pyridine rings is 2. The lowest BCUT2D eigenvalue weighted by Gasteiger charge is -2.29. The molecule has 7 nitrogen and oxygen atoms in total. The molecule has 1 aliphatic rings. The number of carbonyl (C=O) groups excluding carboxylic acids is 2. The molecule has 2 aromatic heterocycles. The molecule has 2 N–H and O–H groups in total. The smallest absolute Gasteiger partial charge is 0.257 e. The van der Waals surface area contributed by atoms with Gasteiger partial charge in [-0.2, -0.15) is 0 Å². The lowest BCUT2D eigenvalue weighted by Crippen LogP contribution is -2.40. The summed E-state index contributed by atoms with van der Waals surface area (Å²) in [7, 11) is 0. The van der Waals surface area contributed by atoms with E-state index in [1.54, 1.807) is 35.4 Å². The van der Waals surface area contributed by atoms with Gasteiger partial charge in [0.1, 0.15) is 0 Å². The van der Waals surface area contributed by atoms with Crippen LogP contribution in [-0.4, -0.2) is 28.3 Å². The second-order valence-corrected chi connectivity index (χ2v) is 7.02. The van der Waals surface area contributed by atoms with E-state index in [1.165, 1.54) is 6.20 Å². The Morgan fingerprint density at radius 2 is 2.10 bits per heavy atom. The highest BCUT2D eigenvalue weighted by molar-refractivity contribution is 6.31. The molecule has 1 aliphatic heterocycles. The van der Waals surface area contributed by atoms with Gasteiger partial charge in [-0.05, 0) is 42.8 Å². The van der Waals surface area contributed by atoms with Crippen molar-refractivity contribution in [2.75, 3.05) is 22.1 Å². The Bertz CT molecular complexity index is 1090. The van der Waals surface area contributed by atoms with Crippen molar-refractivity contribution in [1.29, 1.82) is 0 Å². The number of rotatable bonds is 4. The van der Waals surface area contributed by atoms with Crippen LogP contribution in [0.2, 0.25) is 5.02 Å². The number of anilines is 3. The minimum atomic E-state index is -0.332. The largest absolute Gasteiger partial charge is 0.359 e. The third-order valence-corrected chi connectivity index (χ3v) is 5.10. The molecule has 0 aliphatic carbocycles. The standard InChI is InChI=1S/C21H18ClN5O2/c1-13-16(22)6-4-7-17(13)26-21(29)14-9-18-20(24-10-14)25-11-19(28)27(18)12-15-5-2-3-8-23-15/h2-10H,11-12H2,1H3,(H,24,25)(H,26,29). The number of hydrogen-bond donors (Lipinski definition) is 2. The number of fused-ring (bicyclic) bond motifs is 1. The molecular weight excluding hydrogens is 390 g/mol. The summed E-state index contributed by atoms with van der Waals surface area (Å²) in [6.07, 6.45) is 3.16. The minimum Gasteiger partial charge on any atom is -0.359 e. The van der Waals surface area contributed by atoms with Gasteiger partial charge < -0.3 is 15.5 Å². The summed E-state index contributed by atoms with van der Waals surface area (Å²) in [5.41, 5.74) is 3.04. The monoisotopic (exact) mass is 407 g/mol. The normalized spacial score (nSPS) is 12.9. The molecule has 0 bridgehead atoms. The van der Waals surface area contributed by atoms with Gasteiger partial charge in [-0.15, -0.1) is 0 Å². The van der Waals surface area contributed by atoms with Crippen molar-refractivity contribution in [3.8, 4) is 0 Å². The van der Waals surface area contributed by atoms with Crippen LogP contribution in [0.1, 0.15) is 21.6 Å². The summed E-state index contributed by atoms with van der Waals surface area (Å²) in [4.78, 5) is 35.5. The first-order chi connectivity index (χ1) is 14.0. The highest BCUT2D eigenvalue weighted by Gasteiger charge is 2.26. The highest BCUT2D eigenvalue weighted by Crippen LogP contribution is 2.30. The van der Waals surface area contributed by atoms with Crippen LogP contribution >= 0.6 is 11.6 Å². The Hall–Kier alpha value is -3.45. The van der Waals surface area contributed by atoms with Crippen molar-refractivity contribution in [3.05, 3.63) is 76.7 Å². The molecule has 1 aromatic carbocycles. The fourth-order valence-corrected chi connectivity index (χ4v) is 3.25. The molecule has 0 spiro atoms. The van der Waals surface area contributed by atoms with E-state index in [1.807, 2.05) is 25.1 Å². The van der Waals surface area contributed by atoms with Gasteiger partial charge in [0, 0.05) is 23.1 Å². The molecule has 0 radical (unpaired) electrons. The zero-order chi connectivity index (χ0) is 20.4. The first-order valence-electron chi connectivity index (χ1n) is 9.03. The fourth-order valence-electron chi connectivity index (χ4n) is 3.07. The maximum atomic E-state index is 12.8. The number of carbonyl (C=O) groups is 2. The minimum absolute atomic E-state index is 0.117. The molecule has 2 amide bonds. The summed E-state index contributed by atoms with van der Waals surface area (Å²) in [5, 5.41) is 6.41. The number of nitrogens with zero attached hydrogens (tertiary/aromatic N) is 3. The third kappa shape index (κ3) is 3.90. The van der Waals surface area contributed by atoms with E-state index in [2.05, 4.69) is 20.6 Å². The number of halogens is 1. The van der Waals surface area contributed by atoms with E-state index in [4.69, 9.17) is 11.6 Å². The van der Waals surface area contributed by atoms with Gasteiger partial charge in [-0.3, -0.25) is 14.6 Å². The van der Waals surface area contributed by atoms with Crippen LogP contribution in [0.3, 0.4) is 0 Å². The van der Waals surface area contributed by atoms with Crippen molar-refractivity contribution in [2.45, 2.75) is 13.5 Å². The zero-order valence-electron chi connectivity index (χ0n) is 15.6. The zero-order valence-corrected chi connectivity index (χ0v) is 16.4. The molecule has 29 heavy (non-hydrogen) atoms. The molecular formula is C21H18ClN5O2. The summed E-state index contributed by atoms with van der Waals surface area (Å²) in [6, 6.07) is 12.5. The van der Waals surface area contributed by atoms with Crippen molar-refractivity contribution >= 4 is 40.6 Å². The highest BCUT2D eigenvalue weighted by atomic mass is 35.5. The number of benzene rings is 1. The topological polar surface area (TPSA) is 87.2 Å².